The lowest BCUT2D eigenvalue weighted by atomic mass is 9.87. The maximum Gasteiger partial charge on any atom is 0.0854 e. The number of aryl methyl sites for hydroxylation is 1. The highest BCUT2D eigenvalue weighted by Gasteiger charge is 2.29. The Labute approximate surface area is 135 Å². The van der Waals surface area contributed by atoms with E-state index in [4.69, 9.17) is 0 Å². The van der Waals surface area contributed by atoms with Crippen LogP contribution in [-0.4, -0.2) is 11.7 Å². The van der Waals surface area contributed by atoms with E-state index in [0.29, 0.717) is 0 Å². The smallest absolute Gasteiger partial charge is 0.0854 e. The predicted octanol–water partition coefficient (Wildman–Crippen LogP) is 4.72. The molecule has 1 atom stereocenters. The van der Waals surface area contributed by atoms with Gasteiger partial charge in [0.25, 0.3) is 0 Å². The van der Waals surface area contributed by atoms with Crippen molar-refractivity contribution >= 4 is 21.6 Å². The second-order valence-corrected chi connectivity index (χ2v) is 6.20. The van der Waals surface area contributed by atoms with Gasteiger partial charge in [-0.15, -0.1) is 0 Å². The van der Waals surface area contributed by atoms with Crippen molar-refractivity contribution in [1.82, 2.24) is 0 Å². The van der Waals surface area contributed by atoms with Crippen LogP contribution in [0, 0.1) is 0 Å². The summed E-state index contributed by atoms with van der Waals surface area (Å²) in [5, 5.41) is 13.5. The van der Waals surface area contributed by atoms with Crippen molar-refractivity contribution in [2.24, 2.45) is 0 Å². The highest BCUT2D eigenvalue weighted by molar-refractivity contribution is 9.10. The molecule has 2 aromatic carbocycles. The van der Waals surface area contributed by atoms with Gasteiger partial charge in [0.05, 0.1) is 12.1 Å². The summed E-state index contributed by atoms with van der Waals surface area (Å²) in [6, 6.07) is 16.5. The number of anilines is 1. The minimum Gasteiger partial charge on any atom is -0.394 e. The van der Waals surface area contributed by atoms with E-state index in [1.54, 1.807) is 0 Å². The fraction of sp³-hybridized carbons (Fsp3) is 0.333. The van der Waals surface area contributed by atoms with Crippen molar-refractivity contribution in [1.29, 1.82) is 0 Å². The van der Waals surface area contributed by atoms with E-state index >= 15 is 0 Å². The lowest BCUT2D eigenvalue weighted by Gasteiger charge is -2.34. The maximum atomic E-state index is 10.0. The van der Waals surface area contributed by atoms with Gasteiger partial charge in [-0.2, -0.15) is 0 Å². The molecule has 0 heterocycles. The number of aliphatic hydroxyl groups is 1. The Morgan fingerprint density at radius 1 is 1.10 bits per heavy atom. The van der Waals surface area contributed by atoms with E-state index in [1.807, 2.05) is 24.3 Å². The molecule has 2 N–H and O–H groups in total. The Morgan fingerprint density at radius 2 is 1.81 bits per heavy atom. The number of nitrogens with one attached hydrogen (secondary N) is 1. The highest BCUT2D eigenvalue weighted by Crippen LogP contribution is 2.30. The van der Waals surface area contributed by atoms with Crippen LogP contribution in [0.5, 0.6) is 0 Å². The summed E-state index contributed by atoms with van der Waals surface area (Å²) in [7, 11) is 0. The Bertz CT molecular complexity index is 576. The normalized spacial score (nSPS) is 13.7. The number of benzene rings is 2. The highest BCUT2D eigenvalue weighted by atomic mass is 79.9. The molecule has 0 aliphatic carbocycles. The van der Waals surface area contributed by atoms with Crippen LogP contribution < -0.4 is 5.32 Å². The molecular weight excluding hydrogens is 326 g/mol. The molecule has 112 valence electrons. The fourth-order valence-corrected chi connectivity index (χ4v) is 2.91. The van der Waals surface area contributed by atoms with Crippen molar-refractivity contribution in [3.8, 4) is 0 Å². The number of halogens is 1. The van der Waals surface area contributed by atoms with E-state index < -0.39 is 5.54 Å². The second kappa shape index (κ2) is 7.10. The van der Waals surface area contributed by atoms with Crippen LogP contribution in [0.1, 0.15) is 31.4 Å². The largest absolute Gasteiger partial charge is 0.394 e. The van der Waals surface area contributed by atoms with E-state index in [-0.39, 0.29) is 6.61 Å². The zero-order valence-corrected chi connectivity index (χ0v) is 14.2. The topological polar surface area (TPSA) is 32.3 Å². The van der Waals surface area contributed by atoms with Crippen molar-refractivity contribution in [2.45, 2.75) is 32.2 Å². The van der Waals surface area contributed by atoms with E-state index in [9.17, 15) is 5.11 Å². The molecule has 21 heavy (non-hydrogen) atoms. The Balaban J connectivity index is 2.34. The van der Waals surface area contributed by atoms with Gasteiger partial charge in [0, 0.05) is 10.2 Å². The lowest BCUT2D eigenvalue weighted by molar-refractivity contribution is 0.207. The summed E-state index contributed by atoms with van der Waals surface area (Å²) in [6.07, 6.45) is 1.83. The molecule has 0 radical (unpaired) electrons. The summed E-state index contributed by atoms with van der Waals surface area (Å²) < 4.78 is 1.02. The molecule has 0 saturated heterocycles. The first kappa shape index (κ1) is 16.1. The van der Waals surface area contributed by atoms with Gasteiger partial charge < -0.3 is 10.4 Å². The van der Waals surface area contributed by atoms with Crippen LogP contribution in [0.3, 0.4) is 0 Å². The molecule has 0 amide bonds. The van der Waals surface area contributed by atoms with E-state index in [1.165, 1.54) is 5.56 Å². The Hall–Kier alpha value is -1.32. The molecule has 0 bridgehead atoms. The number of hydrogen-bond acceptors (Lipinski definition) is 2. The van der Waals surface area contributed by atoms with Gasteiger partial charge in [-0.25, -0.2) is 0 Å². The quantitative estimate of drug-likeness (QED) is 0.792. The first-order chi connectivity index (χ1) is 10.1. The molecule has 2 rings (SSSR count). The van der Waals surface area contributed by atoms with Gasteiger partial charge in [0.15, 0.2) is 0 Å². The third-order valence-corrected chi connectivity index (χ3v) is 4.49. The van der Waals surface area contributed by atoms with Gasteiger partial charge in [0.1, 0.15) is 0 Å². The predicted molar refractivity (Wildman–Crippen MR) is 92.6 cm³/mol. The minimum absolute atomic E-state index is 0.0570. The molecule has 0 fully saturated rings. The molecule has 1 unspecified atom stereocenters. The Morgan fingerprint density at radius 3 is 2.33 bits per heavy atom. The van der Waals surface area contributed by atoms with Crippen LogP contribution in [0.25, 0.3) is 0 Å². The Kier molecular flexibility index (Phi) is 5.43. The minimum atomic E-state index is -0.451. The number of hydrogen-bond donors (Lipinski definition) is 2. The molecule has 0 aliphatic rings. The molecule has 0 aromatic heterocycles. The average Bonchev–Trinajstić information content (AvgIpc) is 2.53. The summed E-state index contributed by atoms with van der Waals surface area (Å²) in [4.78, 5) is 0. The van der Waals surface area contributed by atoms with Crippen LogP contribution in [-0.2, 0) is 12.0 Å². The second-order valence-electron chi connectivity index (χ2n) is 5.28. The molecule has 0 saturated carbocycles. The van der Waals surface area contributed by atoms with Crippen molar-refractivity contribution in [3.05, 3.63) is 64.1 Å². The summed E-state index contributed by atoms with van der Waals surface area (Å²) >= 11 is 3.49. The van der Waals surface area contributed by atoms with Gasteiger partial charge >= 0.3 is 0 Å². The van der Waals surface area contributed by atoms with Crippen molar-refractivity contribution in [3.63, 3.8) is 0 Å². The fourth-order valence-electron chi connectivity index (χ4n) is 2.51. The summed E-state index contributed by atoms with van der Waals surface area (Å²) in [6.45, 7) is 4.30. The summed E-state index contributed by atoms with van der Waals surface area (Å²) in [5.74, 6) is 0. The number of rotatable bonds is 6. The standard InChI is InChI=1S/C18H22BrNO/c1-3-14-8-10-15(11-9-14)18(4-2,13-21)20-17-7-5-6-16(19)12-17/h5-12,20-21H,3-4,13H2,1-2H3. The molecule has 0 aliphatic heterocycles. The average molecular weight is 348 g/mol. The lowest BCUT2D eigenvalue weighted by Crippen LogP contribution is -2.38. The SMILES string of the molecule is CCc1ccc(C(CC)(CO)Nc2cccc(Br)c2)cc1. The molecule has 2 aromatic rings. The molecular formula is C18H22BrNO. The van der Waals surface area contributed by atoms with Gasteiger partial charge in [-0.3, -0.25) is 0 Å². The zero-order valence-electron chi connectivity index (χ0n) is 12.6. The molecule has 2 nitrogen and oxygen atoms in total. The van der Waals surface area contributed by atoms with Crippen LogP contribution in [0.15, 0.2) is 53.0 Å². The monoisotopic (exact) mass is 347 g/mol. The number of aliphatic hydroxyl groups excluding tert-OH is 1. The first-order valence-electron chi connectivity index (χ1n) is 7.37. The summed E-state index contributed by atoms with van der Waals surface area (Å²) in [5.41, 5.74) is 2.97. The molecule has 0 spiro atoms. The zero-order chi connectivity index (χ0) is 15.3. The van der Waals surface area contributed by atoms with Gasteiger partial charge in [0.2, 0.25) is 0 Å². The van der Waals surface area contributed by atoms with Crippen molar-refractivity contribution < 1.29 is 5.11 Å². The third kappa shape index (κ3) is 3.66. The molecule has 3 heteroatoms. The van der Waals surface area contributed by atoms with Crippen LogP contribution >= 0.6 is 15.9 Å². The van der Waals surface area contributed by atoms with Crippen LogP contribution in [0.4, 0.5) is 5.69 Å². The van der Waals surface area contributed by atoms with Gasteiger partial charge in [-0.05, 0) is 42.2 Å². The van der Waals surface area contributed by atoms with E-state index in [2.05, 4.69) is 59.4 Å². The first-order valence-corrected chi connectivity index (χ1v) is 8.17. The van der Waals surface area contributed by atoms with E-state index in [0.717, 1.165) is 28.6 Å². The van der Waals surface area contributed by atoms with Crippen LogP contribution in [0.2, 0.25) is 0 Å². The maximum absolute atomic E-state index is 10.0. The van der Waals surface area contributed by atoms with Gasteiger partial charge in [-0.1, -0.05) is 60.1 Å². The van der Waals surface area contributed by atoms with Crippen molar-refractivity contribution in [2.75, 3.05) is 11.9 Å². The third-order valence-electron chi connectivity index (χ3n) is 4.00.